The monoisotopic (exact) mass is 370 g/mol. The van der Waals surface area contributed by atoms with Crippen LogP contribution >= 0.6 is 22.6 Å². The molecular formula is C13H15IN4O. The van der Waals surface area contributed by atoms with E-state index in [-0.39, 0.29) is 5.91 Å². The quantitative estimate of drug-likeness (QED) is 0.843. The second-order valence-corrected chi connectivity index (χ2v) is 5.61. The van der Waals surface area contributed by atoms with Gasteiger partial charge < -0.3 is 5.32 Å². The number of aryl methyl sites for hydroxylation is 2. The van der Waals surface area contributed by atoms with Crippen molar-refractivity contribution in [2.24, 2.45) is 7.05 Å². The lowest BCUT2D eigenvalue weighted by Gasteiger charge is -2.05. The maximum Gasteiger partial charge on any atom is 0.230 e. The maximum absolute atomic E-state index is 12.0. The molecule has 1 N–H and O–H groups in total. The molecule has 0 unspecified atom stereocenters. The van der Waals surface area contributed by atoms with E-state index in [1.807, 2.05) is 27.0 Å². The first-order valence-electron chi connectivity index (χ1n) is 5.88. The number of pyridine rings is 1. The molecule has 2 aromatic heterocycles. The fourth-order valence-corrected chi connectivity index (χ4v) is 2.19. The van der Waals surface area contributed by atoms with Crippen molar-refractivity contribution in [3.05, 3.63) is 38.9 Å². The first-order valence-corrected chi connectivity index (χ1v) is 6.95. The Bertz CT molecular complexity index is 604. The molecule has 0 bridgehead atoms. The van der Waals surface area contributed by atoms with Gasteiger partial charge in [0.25, 0.3) is 0 Å². The molecular weight excluding hydrogens is 355 g/mol. The zero-order chi connectivity index (χ0) is 14.0. The number of hydrogen-bond acceptors (Lipinski definition) is 3. The fourth-order valence-electron chi connectivity index (χ4n) is 1.87. The maximum atomic E-state index is 12.0. The van der Waals surface area contributed by atoms with E-state index in [2.05, 4.69) is 38.0 Å². The van der Waals surface area contributed by atoms with E-state index in [1.165, 1.54) is 0 Å². The van der Waals surface area contributed by atoms with E-state index in [9.17, 15) is 4.79 Å². The van der Waals surface area contributed by atoms with Gasteiger partial charge in [0.1, 0.15) is 5.82 Å². The summed E-state index contributed by atoms with van der Waals surface area (Å²) in [5.74, 6) is 0.498. The van der Waals surface area contributed by atoms with E-state index in [4.69, 9.17) is 0 Å². The Morgan fingerprint density at radius 3 is 2.68 bits per heavy atom. The molecule has 0 aromatic carbocycles. The number of halogens is 1. The lowest BCUT2D eigenvalue weighted by Crippen LogP contribution is -2.16. The first-order chi connectivity index (χ1) is 8.97. The van der Waals surface area contributed by atoms with Gasteiger partial charge in [0, 0.05) is 28.1 Å². The third-order valence-corrected chi connectivity index (χ3v) is 3.63. The van der Waals surface area contributed by atoms with Crippen LogP contribution in [0, 0.1) is 17.4 Å². The summed E-state index contributed by atoms with van der Waals surface area (Å²) in [5, 5.41) is 7.09. The number of nitrogens with one attached hydrogen (secondary N) is 1. The van der Waals surface area contributed by atoms with Crippen molar-refractivity contribution in [2.75, 3.05) is 5.32 Å². The molecule has 1 amide bonds. The lowest BCUT2D eigenvalue weighted by atomic mass is 10.1. The third kappa shape index (κ3) is 3.31. The summed E-state index contributed by atoms with van der Waals surface area (Å²) in [4.78, 5) is 16.1. The van der Waals surface area contributed by atoms with Crippen molar-refractivity contribution in [3.8, 4) is 0 Å². The Kier molecular flexibility index (Phi) is 4.18. The topological polar surface area (TPSA) is 59.8 Å². The molecule has 100 valence electrons. The summed E-state index contributed by atoms with van der Waals surface area (Å²) >= 11 is 2.17. The van der Waals surface area contributed by atoms with Gasteiger partial charge in [-0.1, -0.05) is 0 Å². The Hall–Kier alpha value is -1.44. The summed E-state index contributed by atoms with van der Waals surface area (Å²) in [6.45, 7) is 3.88. The molecule has 2 rings (SSSR count). The summed E-state index contributed by atoms with van der Waals surface area (Å²) in [6.07, 6.45) is 2.04. The average molecular weight is 370 g/mol. The number of aromatic nitrogens is 3. The Morgan fingerprint density at radius 2 is 2.16 bits per heavy atom. The second kappa shape index (κ2) is 5.68. The smallest absolute Gasteiger partial charge is 0.230 e. The van der Waals surface area contributed by atoms with Crippen molar-refractivity contribution < 1.29 is 4.79 Å². The van der Waals surface area contributed by atoms with Gasteiger partial charge in [-0.2, -0.15) is 5.10 Å². The molecule has 0 radical (unpaired) electrons. The summed E-state index contributed by atoms with van der Waals surface area (Å²) in [7, 11) is 1.88. The first kappa shape index (κ1) is 14.0. The third-order valence-electron chi connectivity index (χ3n) is 2.99. The summed E-state index contributed by atoms with van der Waals surface area (Å²) in [6, 6.07) is 3.70. The Morgan fingerprint density at radius 1 is 1.42 bits per heavy atom. The Balaban J connectivity index is 2.07. The molecule has 0 aliphatic heterocycles. The molecule has 0 atom stereocenters. The van der Waals surface area contributed by atoms with Crippen LogP contribution in [0.15, 0.2) is 18.3 Å². The van der Waals surface area contributed by atoms with Gasteiger partial charge in [0.15, 0.2) is 0 Å². The van der Waals surface area contributed by atoms with Gasteiger partial charge in [0.05, 0.1) is 12.1 Å². The normalized spacial score (nSPS) is 10.5. The number of carbonyl (C=O) groups is 1. The van der Waals surface area contributed by atoms with E-state index >= 15 is 0 Å². The number of amides is 1. The number of anilines is 1. The standard InChI is InChI=1S/C13H15IN4O/c1-8-11(9(2)18(3)17-8)6-13(19)16-12-5-4-10(14)7-15-12/h4-5,7H,6H2,1-3H3,(H,15,16,19). The molecule has 0 aliphatic carbocycles. The highest BCUT2D eigenvalue weighted by molar-refractivity contribution is 14.1. The van der Waals surface area contributed by atoms with Crippen molar-refractivity contribution in [1.29, 1.82) is 0 Å². The minimum absolute atomic E-state index is 0.0760. The predicted octanol–water partition coefficient (Wildman–Crippen LogP) is 2.22. The number of hydrogen-bond donors (Lipinski definition) is 1. The summed E-state index contributed by atoms with van der Waals surface area (Å²) in [5.41, 5.74) is 2.89. The highest BCUT2D eigenvalue weighted by Crippen LogP contribution is 2.14. The van der Waals surface area contributed by atoms with Crippen LogP contribution in [0.1, 0.15) is 17.0 Å². The van der Waals surface area contributed by atoms with Crippen molar-refractivity contribution >= 4 is 34.3 Å². The predicted molar refractivity (Wildman–Crippen MR) is 82.0 cm³/mol. The van der Waals surface area contributed by atoms with E-state index < -0.39 is 0 Å². The second-order valence-electron chi connectivity index (χ2n) is 4.36. The van der Waals surface area contributed by atoms with Gasteiger partial charge in [-0.05, 0) is 48.6 Å². The van der Waals surface area contributed by atoms with Crippen LogP contribution < -0.4 is 5.32 Å². The number of nitrogens with zero attached hydrogens (tertiary/aromatic N) is 3. The lowest BCUT2D eigenvalue weighted by molar-refractivity contribution is -0.115. The Labute approximate surface area is 125 Å². The van der Waals surface area contributed by atoms with Crippen molar-refractivity contribution in [1.82, 2.24) is 14.8 Å². The van der Waals surface area contributed by atoms with Crippen molar-refractivity contribution in [3.63, 3.8) is 0 Å². The largest absolute Gasteiger partial charge is 0.310 e. The van der Waals surface area contributed by atoms with Crippen LogP contribution in [0.2, 0.25) is 0 Å². The molecule has 5 nitrogen and oxygen atoms in total. The van der Waals surface area contributed by atoms with Gasteiger partial charge in [-0.15, -0.1) is 0 Å². The average Bonchev–Trinajstić information content (AvgIpc) is 2.59. The van der Waals surface area contributed by atoms with Crippen molar-refractivity contribution in [2.45, 2.75) is 20.3 Å². The van der Waals surface area contributed by atoms with Crippen LogP contribution in [0.4, 0.5) is 5.82 Å². The van der Waals surface area contributed by atoms with E-state index in [0.29, 0.717) is 12.2 Å². The zero-order valence-electron chi connectivity index (χ0n) is 11.1. The summed E-state index contributed by atoms with van der Waals surface area (Å²) < 4.78 is 2.83. The minimum Gasteiger partial charge on any atom is -0.310 e. The molecule has 2 aromatic rings. The number of carbonyl (C=O) groups excluding carboxylic acids is 1. The van der Waals surface area contributed by atoms with Crippen LogP contribution in [-0.4, -0.2) is 20.7 Å². The van der Waals surface area contributed by atoms with Crippen LogP contribution in [0.3, 0.4) is 0 Å². The highest BCUT2D eigenvalue weighted by Gasteiger charge is 2.13. The fraction of sp³-hybridized carbons (Fsp3) is 0.308. The van der Waals surface area contributed by atoms with Gasteiger partial charge in [-0.3, -0.25) is 9.48 Å². The molecule has 19 heavy (non-hydrogen) atoms. The van der Waals surface area contributed by atoms with Gasteiger partial charge in [-0.25, -0.2) is 4.98 Å². The molecule has 0 saturated carbocycles. The van der Waals surface area contributed by atoms with Gasteiger partial charge >= 0.3 is 0 Å². The van der Waals surface area contributed by atoms with Crippen LogP contribution in [-0.2, 0) is 18.3 Å². The van der Waals surface area contributed by atoms with Crippen LogP contribution in [0.25, 0.3) is 0 Å². The zero-order valence-corrected chi connectivity index (χ0v) is 13.2. The SMILES string of the molecule is Cc1nn(C)c(C)c1CC(=O)Nc1ccc(I)cn1. The minimum atomic E-state index is -0.0760. The molecule has 0 saturated heterocycles. The molecule has 0 aliphatic rings. The molecule has 0 spiro atoms. The molecule has 6 heteroatoms. The van der Waals surface area contributed by atoms with Crippen LogP contribution in [0.5, 0.6) is 0 Å². The van der Waals surface area contributed by atoms with Gasteiger partial charge in [0.2, 0.25) is 5.91 Å². The van der Waals surface area contributed by atoms with E-state index in [0.717, 1.165) is 20.5 Å². The highest BCUT2D eigenvalue weighted by atomic mass is 127. The number of rotatable bonds is 3. The molecule has 0 fully saturated rings. The van der Waals surface area contributed by atoms with E-state index in [1.54, 1.807) is 16.9 Å². The molecule has 2 heterocycles.